The summed E-state index contributed by atoms with van der Waals surface area (Å²) in [5.41, 5.74) is 1.98. The van der Waals surface area contributed by atoms with E-state index in [0.29, 0.717) is 11.5 Å². The van der Waals surface area contributed by atoms with Crippen LogP contribution >= 0.6 is 23.9 Å². The molecule has 7 heteroatoms. The number of carbonyl (C=O) groups excluding carboxylic acids is 1. The molecule has 1 aliphatic heterocycles. The van der Waals surface area contributed by atoms with Gasteiger partial charge in [0, 0.05) is 25.5 Å². The lowest BCUT2D eigenvalue weighted by molar-refractivity contribution is 0.132. The number of fused-ring (bicyclic) bond motifs is 1. The maximum absolute atomic E-state index is 12.8. The van der Waals surface area contributed by atoms with E-state index in [0.717, 1.165) is 41.3 Å². The van der Waals surface area contributed by atoms with E-state index < -0.39 is 6.09 Å². The van der Waals surface area contributed by atoms with E-state index in [1.165, 1.54) is 61.2 Å². The SMILES string of the molecule is CCCCCCCCCCS/C(Cc1ccccc1)=N/SN(C)C(=O)Oc1cccc2c1OC(C)(C)C2. The second-order valence-corrected chi connectivity index (χ2v) is 12.3. The molecule has 2 aromatic rings. The zero-order valence-corrected chi connectivity index (χ0v) is 24.5. The highest BCUT2D eigenvalue weighted by atomic mass is 32.2. The maximum Gasteiger partial charge on any atom is 0.426 e. The summed E-state index contributed by atoms with van der Waals surface area (Å²) >= 11 is 2.92. The molecule has 0 unspecified atom stereocenters. The number of hydrogen-bond acceptors (Lipinski definition) is 6. The summed E-state index contributed by atoms with van der Waals surface area (Å²) < 4.78 is 17.9. The topological polar surface area (TPSA) is 51.1 Å². The molecule has 1 aliphatic rings. The third-order valence-electron chi connectivity index (χ3n) is 6.24. The smallest absolute Gasteiger partial charge is 0.426 e. The lowest BCUT2D eigenvalue weighted by Gasteiger charge is -2.19. The van der Waals surface area contributed by atoms with E-state index in [1.807, 2.05) is 32.0 Å². The Kier molecular flexibility index (Phi) is 12.2. The van der Waals surface area contributed by atoms with Crippen molar-refractivity contribution >= 4 is 35.0 Å². The average Bonchev–Trinajstić information content (AvgIpc) is 3.21. The van der Waals surface area contributed by atoms with Crippen molar-refractivity contribution in [3.05, 3.63) is 59.7 Å². The third-order valence-corrected chi connectivity index (χ3v) is 8.11. The molecule has 0 bridgehead atoms. The molecule has 0 spiro atoms. The van der Waals surface area contributed by atoms with Crippen LogP contribution < -0.4 is 9.47 Å². The van der Waals surface area contributed by atoms with Crippen molar-refractivity contribution in [2.24, 2.45) is 4.40 Å². The number of ether oxygens (including phenoxy) is 2. The van der Waals surface area contributed by atoms with Crippen LogP contribution in [0, 0.1) is 0 Å². The highest BCUT2D eigenvalue weighted by Crippen LogP contribution is 2.42. The van der Waals surface area contributed by atoms with Crippen molar-refractivity contribution in [2.75, 3.05) is 12.8 Å². The number of amides is 1. The van der Waals surface area contributed by atoms with Gasteiger partial charge >= 0.3 is 6.09 Å². The Bertz CT molecular complexity index is 1010. The molecule has 0 radical (unpaired) electrons. The maximum atomic E-state index is 12.8. The molecule has 0 aliphatic carbocycles. The van der Waals surface area contributed by atoms with Gasteiger partial charge in [-0.2, -0.15) is 4.40 Å². The van der Waals surface area contributed by atoms with Gasteiger partial charge in [-0.25, -0.2) is 9.10 Å². The Morgan fingerprint density at radius 2 is 1.70 bits per heavy atom. The molecule has 1 heterocycles. The first kappa shape index (κ1) is 29.4. The van der Waals surface area contributed by atoms with Crippen LogP contribution in [0.4, 0.5) is 4.79 Å². The van der Waals surface area contributed by atoms with Crippen molar-refractivity contribution in [3.63, 3.8) is 0 Å². The number of carbonyl (C=O) groups is 1. The van der Waals surface area contributed by atoms with Gasteiger partial charge in [0.2, 0.25) is 0 Å². The summed E-state index contributed by atoms with van der Waals surface area (Å²) in [6, 6.07) is 16.1. The van der Waals surface area contributed by atoms with Crippen molar-refractivity contribution in [3.8, 4) is 11.5 Å². The van der Waals surface area contributed by atoms with Gasteiger partial charge < -0.3 is 9.47 Å². The lowest BCUT2D eigenvalue weighted by atomic mass is 10.0. The zero-order chi connectivity index (χ0) is 26.5. The van der Waals surface area contributed by atoms with Gasteiger partial charge in [0.1, 0.15) is 5.60 Å². The molecule has 3 rings (SSSR count). The van der Waals surface area contributed by atoms with Gasteiger partial charge in [0.15, 0.2) is 11.5 Å². The van der Waals surface area contributed by atoms with Crippen LogP contribution in [0.15, 0.2) is 52.9 Å². The highest BCUT2D eigenvalue weighted by Gasteiger charge is 2.33. The van der Waals surface area contributed by atoms with E-state index in [-0.39, 0.29) is 5.60 Å². The monoisotopic (exact) mass is 542 g/mol. The molecule has 1 amide bonds. The van der Waals surface area contributed by atoms with Gasteiger partial charge in [-0.1, -0.05) is 94.3 Å². The molecule has 0 fully saturated rings. The fourth-order valence-electron chi connectivity index (χ4n) is 4.27. The first-order valence-corrected chi connectivity index (χ1v) is 15.3. The summed E-state index contributed by atoms with van der Waals surface area (Å²) in [4.78, 5) is 12.8. The Labute approximate surface area is 232 Å². The molecule has 0 N–H and O–H groups in total. The summed E-state index contributed by atoms with van der Waals surface area (Å²) in [5, 5.41) is 1.02. The second-order valence-electron chi connectivity index (χ2n) is 10.2. The summed E-state index contributed by atoms with van der Waals surface area (Å²) in [6.07, 6.45) is 11.6. The number of rotatable bonds is 14. The molecule has 0 aromatic heterocycles. The summed E-state index contributed by atoms with van der Waals surface area (Å²) in [6.45, 7) is 6.33. The Morgan fingerprint density at radius 3 is 2.43 bits per heavy atom. The first-order chi connectivity index (χ1) is 17.9. The van der Waals surface area contributed by atoms with Crippen molar-refractivity contribution < 1.29 is 14.3 Å². The van der Waals surface area contributed by atoms with Crippen LogP contribution in [0.5, 0.6) is 11.5 Å². The zero-order valence-electron chi connectivity index (χ0n) is 22.8. The predicted molar refractivity (Wildman–Crippen MR) is 159 cm³/mol. The van der Waals surface area contributed by atoms with Crippen molar-refractivity contribution in [1.29, 1.82) is 0 Å². The van der Waals surface area contributed by atoms with Crippen LogP contribution in [0.3, 0.4) is 0 Å². The molecular weight excluding hydrogens is 500 g/mol. The van der Waals surface area contributed by atoms with E-state index in [1.54, 1.807) is 24.9 Å². The van der Waals surface area contributed by atoms with Crippen LogP contribution in [0.1, 0.15) is 83.3 Å². The number of benzene rings is 2. The minimum absolute atomic E-state index is 0.297. The van der Waals surface area contributed by atoms with E-state index in [2.05, 4.69) is 31.2 Å². The number of unbranched alkanes of at least 4 members (excludes halogenated alkanes) is 7. The normalized spacial score (nSPS) is 14.2. The summed E-state index contributed by atoms with van der Waals surface area (Å²) in [7, 11) is 1.69. The molecule has 202 valence electrons. The van der Waals surface area contributed by atoms with E-state index >= 15 is 0 Å². The second kappa shape index (κ2) is 15.3. The van der Waals surface area contributed by atoms with Crippen LogP contribution in [0.25, 0.3) is 0 Å². The fourth-order valence-corrected chi connectivity index (χ4v) is 5.82. The van der Waals surface area contributed by atoms with Gasteiger partial charge in [0.25, 0.3) is 0 Å². The van der Waals surface area contributed by atoms with E-state index in [9.17, 15) is 4.79 Å². The molecule has 0 saturated heterocycles. The summed E-state index contributed by atoms with van der Waals surface area (Å²) in [5.74, 6) is 2.16. The quantitative estimate of drug-likeness (QED) is 0.103. The third kappa shape index (κ3) is 10.3. The molecule has 5 nitrogen and oxygen atoms in total. The largest absolute Gasteiger partial charge is 0.483 e. The van der Waals surface area contributed by atoms with Gasteiger partial charge in [-0.15, -0.1) is 11.8 Å². The molecule has 0 atom stereocenters. The number of thioether (sulfide) groups is 1. The molecule has 2 aromatic carbocycles. The predicted octanol–water partition coefficient (Wildman–Crippen LogP) is 8.91. The first-order valence-electron chi connectivity index (χ1n) is 13.5. The molecule has 0 saturated carbocycles. The lowest BCUT2D eigenvalue weighted by Crippen LogP contribution is -2.25. The van der Waals surface area contributed by atoms with Crippen molar-refractivity contribution in [2.45, 2.75) is 90.6 Å². The Morgan fingerprint density at radius 1 is 1.00 bits per heavy atom. The van der Waals surface area contributed by atoms with Gasteiger partial charge in [-0.3, -0.25) is 0 Å². The molecule has 37 heavy (non-hydrogen) atoms. The van der Waals surface area contributed by atoms with Crippen molar-refractivity contribution in [1.82, 2.24) is 4.31 Å². The molecular formula is C30H42N2O3S2. The van der Waals surface area contributed by atoms with Crippen LogP contribution in [0.2, 0.25) is 0 Å². The highest BCUT2D eigenvalue weighted by molar-refractivity contribution is 8.14. The average molecular weight is 543 g/mol. The van der Waals surface area contributed by atoms with Crippen LogP contribution in [-0.4, -0.2) is 33.8 Å². The number of para-hydroxylation sites is 1. The minimum atomic E-state index is -0.470. The van der Waals surface area contributed by atoms with Crippen LogP contribution in [-0.2, 0) is 12.8 Å². The standard InChI is InChI=1S/C30H42N2O3S2/c1-5-6-7-8-9-10-11-15-21-36-27(22-24-17-13-12-14-18-24)31-37-32(4)29(33)34-26-20-16-19-25-23-30(2,3)35-28(25)26/h12-14,16-20H,5-11,15,21-23H2,1-4H3/b31-27+. The Balaban J connectivity index is 1.51. The van der Waals surface area contributed by atoms with Gasteiger partial charge in [0.05, 0.1) is 17.2 Å². The van der Waals surface area contributed by atoms with E-state index in [4.69, 9.17) is 13.9 Å². The fraction of sp³-hybridized carbons (Fsp3) is 0.533. The number of nitrogens with zero attached hydrogens (tertiary/aromatic N) is 2. The Hall–Kier alpha value is -2.12. The van der Waals surface area contributed by atoms with Gasteiger partial charge in [-0.05, 0) is 37.7 Å². The minimum Gasteiger partial charge on any atom is -0.483 e. The number of hydrogen-bond donors (Lipinski definition) is 0.